The number of carbonyl (C=O) groups is 1. The average molecular weight is 312 g/mol. The molecule has 1 unspecified atom stereocenters. The normalized spacial score (nSPS) is 23.7. The Morgan fingerprint density at radius 1 is 1.55 bits per heavy atom. The Kier molecular flexibility index (Phi) is 3.12. The second-order valence-electron chi connectivity index (χ2n) is 5.22. The molecule has 0 saturated heterocycles. The van der Waals surface area contributed by atoms with E-state index >= 15 is 0 Å². The van der Waals surface area contributed by atoms with Gasteiger partial charge in [0, 0.05) is 17.3 Å². The minimum Gasteiger partial charge on any atom is -0.492 e. The number of thioether (sulfide) groups is 1. The minimum absolute atomic E-state index is 0.163. The van der Waals surface area contributed by atoms with Crippen LogP contribution in [0.15, 0.2) is 34.3 Å². The van der Waals surface area contributed by atoms with Gasteiger partial charge in [-0.05, 0) is 18.4 Å². The molecule has 4 rings (SSSR count). The number of dihydropyridines is 1. The molecule has 0 radical (unpaired) electrons. The Morgan fingerprint density at radius 3 is 3.23 bits per heavy atom. The molecule has 1 N–H and O–H groups in total. The fourth-order valence-corrected chi connectivity index (χ4v) is 4.28. The molecular weight excluding hydrogens is 300 g/mol. The minimum atomic E-state index is -0.351. The molecule has 0 aliphatic carbocycles. The fourth-order valence-electron chi connectivity index (χ4n) is 3.00. The summed E-state index contributed by atoms with van der Waals surface area (Å²) in [6, 6.07) is 2.10. The first-order valence-electron chi connectivity index (χ1n) is 7.04. The standard InChI is InChI=1S/C15H12N4O2S/c16-4-3-10-9-2-1-5-21-12-11(9)14(15(20)19-10)22-13(12)8-6-17-18-7-8/h6-7,14H,1-3,5H2,(H,17,18). The third-order valence-corrected chi connectivity index (χ3v) is 5.25. The first kappa shape index (κ1) is 13.3. The molecule has 7 heteroatoms. The highest BCUT2D eigenvalue weighted by atomic mass is 32.2. The molecule has 3 aliphatic rings. The van der Waals surface area contributed by atoms with Crippen LogP contribution in [0.3, 0.4) is 0 Å². The average Bonchev–Trinajstić information content (AvgIpc) is 3.09. The quantitative estimate of drug-likeness (QED) is 0.904. The molecule has 6 nitrogen and oxygen atoms in total. The molecule has 3 aliphatic heterocycles. The lowest BCUT2D eigenvalue weighted by Crippen LogP contribution is -2.25. The van der Waals surface area contributed by atoms with Crippen LogP contribution in [0.25, 0.3) is 4.91 Å². The highest BCUT2D eigenvalue weighted by Gasteiger charge is 2.43. The maximum atomic E-state index is 12.4. The van der Waals surface area contributed by atoms with Crippen LogP contribution in [-0.2, 0) is 9.53 Å². The number of nitriles is 1. The number of hydrogen-bond donors (Lipinski definition) is 1. The number of H-pyrrole nitrogens is 1. The van der Waals surface area contributed by atoms with Crippen molar-refractivity contribution in [1.82, 2.24) is 10.2 Å². The van der Waals surface area contributed by atoms with Gasteiger partial charge in [-0.15, -0.1) is 11.8 Å². The predicted molar refractivity (Wildman–Crippen MR) is 81.8 cm³/mol. The van der Waals surface area contributed by atoms with Crippen LogP contribution in [0.4, 0.5) is 0 Å². The van der Waals surface area contributed by atoms with Crippen molar-refractivity contribution >= 4 is 28.3 Å². The van der Waals surface area contributed by atoms with E-state index in [9.17, 15) is 4.79 Å². The van der Waals surface area contributed by atoms with E-state index in [1.807, 2.05) is 0 Å². The zero-order valence-electron chi connectivity index (χ0n) is 11.6. The van der Waals surface area contributed by atoms with Gasteiger partial charge in [0.1, 0.15) is 11.0 Å². The highest BCUT2D eigenvalue weighted by molar-refractivity contribution is 8.10. The van der Waals surface area contributed by atoms with Gasteiger partial charge in [0.15, 0.2) is 0 Å². The van der Waals surface area contributed by atoms with Crippen LogP contribution in [0.5, 0.6) is 0 Å². The summed E-state index contributed by atoms with van der Waals surface area (Å²) in [5.41, 5.74) is 3.46. The van der Waals surface area contributed by atoms with Gasteiger partial charge in [-0.25, -0.2) is 4.99 Å². The van der Waals surface area contributed by atoms with Gasteiger partial charge < -0.3 is 4.74 Å². The molecule has 1 atom stereocenters. The Hall–Kier alpha value is -2.33. The number of amides is 1. The van der Waals surface area contributed by atoms with E-state index in [-0.39, 0.29) is 17.6 Å². The highest BCUT2D eigenvalue weighted by Crippen LogP contribution is 2.51. The van der Waals surface area contributed by atoms with Crippen LogP contribution < -0.4 is 0 Å². The largest absolute Gasteiger partial charge is 0.492 e. The molecule has 1 amide bonds. The Labute approximate surface area is 130 Å². The van der Waals surface area contributed by atoms with Gasteiger partial charge in [0.05, 0.1) is 35.9 Å². The van der Waals surface area contributed by atoms with E-state index in [2.05, 4.69) is 21.3 Å². The molecule has 0 bridgehead atoms. The lowest BCUT2D eigenvalue weighted by Gasteiger charge is -2.19. The van der Waals surface area contributed by atoms with Gasteiger partial charge in [0.2, 0.25) is 0 Å². The molecule has 0 spiro atoms. The van der Waals surface area contributed by atoms with E-state index in [0.29, 0.717) is 12.3 Å². The summed E-state index contributed by atoms with van der Waals surface area (Å²) in [6.07, 6.45) is 5.33. The second kappa shape index (κ2) is 5.14. The molecule has 0 aromatic carbocycles. The van der Waals surface area contributed by atoms with Crippen molar-refractivity contribution < 1.29 is 9.53 Å². The molecule has 22 heavy (non-hydrogen) atoms. The second-order valence-corrected chi connectivity index (χ2v) is 6.33. The van der Waals surface area contributed by atoms with Crippen molar-refractivity contribution in [3.63, 3.8) is 0 Å². The van der Waals surface area contributed by atoms with Crippen molar-refractivity contribution in [2.75, 3.05) is 6.61 Å². The molecule has 1 aromatic heterocycles. The smallest absolute Gasteiger partial charge is 0.264 e. The van der Waals surface area contributed by atoms with E-state index in [4.69, 9.17) is 10.00 Å². The Morgan fingerprint density at radius 2 is 2.45 bits per heavy atom. The molecule has 0 saturated carbocycles. The number of hydrogen-bond acceptors (Lipinski definition) is 5. The van der Waals surface area contributed by atoms with Crippen molar-refractivity contribution in [2.24, 2.45) is 4.99 Å². The first-order valence-corrected chi connectivity index (χ1v) is 7.92. The predicted octanol–water partition coefficient (Wildman–Crippen LogP) is 2.20. The van der Waals surface area contributed by atoms with E-state index in [1.165, 1.54) is 11.8 Å². The van der Waals surface area contributed by atoms with Gasteiger partial charge >= 0.3 is 0 Å². The summed E-state index contributed by atoms with van der Waals surface area (Å²) < 4.78 is 5.94. The van der Waals surface area contributed by atoms with Crippen LogP contribution in [0.2, 0.25) is 0 Å². The Balaban J connectivity index is 1.90. The summed E-state index contributed by atoms with van der Waals surface area (Å²) in [6.45, 7) is 0.602. The number of ether oxygens (including phenoxy) is 1. The van der Waals surface area contributed by atoms with Crippen molar-refractivity contribution in [3.8, 4) is 6.07 Å². The van der Waals surface area contributed by atoms with Crippen molar-refractivity contribution in [3.05, 3.63) is 34.9 Å². The third kappa shape index (κ3) is 1.91. The fraction of sp³-hybridized carbons (Fsp3) is 0.333. The van der Waals surface area contributed by atoms with E-state index in [1.54, 1.807) is 12.4 Å². The summed E-state index contributed by atoms with van der Waals surface area (Å²) in [7, 11) is 0. The molecule has 0 fully saturated rings. The first-order chi connectivity index (χ1) is 10.8. The summed E-state index contributed by atoms with van der Waals surface area (Å²) in [5.74, 6) is 0.568. The summed E-state index contributed by atoms with van der Waals surface area (Å²) in [4.78, 5) is 17.5. The topological polar surface area (TPSA) is 91.1 Å². The van der Waals surface area contributed by atoms with Gasteiger partial charge in [0.25, 0.3) is 5.91 Å². The third-order valence-electron chi connectivity index (χ3n) is 3.92. The molecule has 1 aromatic rings. The van der Waals surface area contributed by atoms with Gasteiger partial charge in [-0.2, -0.15) is 10.4 Å². The number of aliphatic imine (C=N–C) groups is 1. The van der Waals surface area contributed by atoms with E-state index in [0.717, 1.165) is 40.2 Å². The van der Waals surface area contributed by atoms with E-state index < -0.39 is 0 Å². The SMILES string of the molecule is N#CCC1=NC(=O)C2SC(c3cn[nH]c3)=C3OCCCC1=C32. The maximum absolute atomic E-state index is 12.4. The number of nitrogens with zero attached hydrogens (tertiary/aromatic N) is 3. The lowest BCUT2D eigenvalue weighted by molar-refractivity contribution is -0.116. The molecule has 110 valence electrons. The number of allylic oxidation sites excluding steroid dienone is 2. The number of carbonyl (C=O) groups excluding carboxylic acids is 1. The van der Waals surface area contributed by atoms with Gasteiger partial charge in [-0.1, -0.05) is 0 Å². The van der Waals surface area contributed by atoms with Crippen LogP contribution in [-0.4, -0.2) is 33.7 Å². The van der Waals surface area contributed by atoms with Crippen LogP contribution in [0, 0.1) is 11.3 Å². The number of rotatable bonds is 2. The van der Waals surface area contributed by atoms with Gasteiger partial charge in [-0.3, -0.25) is 9.89 Å². The van der Waals surface area contributed by atoms with Crippen molar-refractivity contribution in [1.29, 1.82) is 5.26 Å². The number of aromatic nitrogens is 2. The van der Waals surface area contributed by atoms with Crippen LogP contribution >= 0.6 is 11.8 Å². The zero-order valence-corrected chi connectivity index (χ0v) is 12.4. The monoisotopic (exact) mass is 312 g/mol. The number of aromatic amines is 1. The zero-order chi connectivity index (χ0) is 15.1. The summed E-state index contributed by atoms with van der Waals surface area (Å²) >= 11 is 1.46. The number of nitrogens with one attached hydrogen (secondary N) is 1. The lowest BCUT2D eigenvalue weighted by atomic mass is 9.91. The Bertz CT molecular complexity index is 783. The van der Waals surface area contributed by atoms with Crippen molar-refractivity contribution in [2.45, 2.75) is 24.5 Å². The van der Waals surface area contributed by atoms with Crippen LogP contribution in [0.1, 0.15) is 24.8 Å². The summed E-state index contributed by atoms with van der Waals surface area (Å²) in [5, 5.41) is 15.4. The molecule has 4 heterocycles. The maximum Gasteiger partial charge on any atom is 0.264 e. The molecular formula is C15H12N4O2S.